The highest BCUT2D eigenvalue weighted by Crippen LogP contribution is 2.32. The van der Waals surface area contributed by atoms with E-state index in [-0.39, 0.29) is 18.1 Å². The molecule has 2 heterocycles. The van der Waals surface area contributed by atoms with Crippen LogP contribution < -0.4 is 0 Å². The highest BCUT2D eigenvalue weighted by atomic mass is 16.5. The lowest BCUT2D eigenvalue weighted by Gasteiger charge is -2.40. The summed E-state index contributed by atoms with van der Waals surface area (Å²) >= 11 is 0. The van der Waals surface area contributed by atoms with Crippen LogP contribution in [-0.4, -0.2) is 97.4 Å². The lowest BCUT2D eigenvalue weighted by molar-refractivity contribution is -0.134. The summed E-state index contributed by atoms with van der Waals surface area (Å²) in [4.78, 5) is 19.1. The minimum absolute atomic E-state index is 0.197. The van der Waals surface area contributed by atoms with E-state index >= 15 is 0 Å². The SMILES string of the molecule is CN1CCN(C(=O)CCN2CCOC[C@@H]2[C@@H]2CCC[C@@H]2O)CC1. The van der Waals surface area contributed by atoms with Crippen LogP contribution in [-0.2, 0) is 9.53 Å². The molecule has 2 saturated heterocycles. The van der Waals surface area contributed by atoms with Crippen LogP contribution in [0.4, 0.5) is 0 Å². The first-order valence-electron chi connectivity index (χ1n) is 9.11. The normalized spacial score (nSPS) is 34.0. The highest BCUT2D eigenvalue weighted by Gasteiger charge is 2.37. The fraction of sp³-hybridized carbons (Fsp3) is 0.941. The topological polar surface area (TPSA) is 56.2 Å². The summed E-state index contributed by atoms with van der Waals surface area (Å²) < 4.78 is 5.65. The number of hydrogen-bond donors (Lipinski definition) is 1. The minimum atomic E-state index is -0.197. The van der Waals surface area contributed by atoms with E-state index in [9.17, 15) is 9.90 Å². The van der Waals surface area contributed by atoms with E-state index in [0.29, 0.717) is 18.9 Å². The third-order valence-electron chi connectivity index (χ3n) is 5.78. The first-order valence-corrected chi connectivity index (χ1v) is 9.11. The van der Waals surface area contributed by atoms with Gasteiger partial charge < -0.3 is 19.6 Å². The van der Waals surface area contributed by atoms with Crippen molar-refractivity contribution in [3.63, 3.8) is 0 Å². The summed E-state index contributed by atoms with van der Waals surface area (Å²) in [5.41, 5.74) is 0. The zero-order chi connectivity index (χ0) is 16.2. The Morgan fingerprint density at radius 2 is 1.96 bits per heavy atom. The predicted octanol–water partition coefficient (Wildman–Crippen LogP) is 0.0123. The van der Waals surface area contributed by atoms with Crippen LogP contribution in [0.2, 0.25) is 0 Å². The summed E-state index contributed by atoms with van der Waals surface area (Å²) in [6.45, 7) is 6.76. The van der Waals surface area contributed by atoms with E-state index in [2.05, 4.69) is 16.8 Å². The minimum Gasteiger partial charge on any atom is -0.393 e. The molecule has 0 aromatic heterocycles. The fourth-order valence-corrected chi connectivity index (χ4v) is 4.20. The molecule has 3 atom stereocenters. The number of hydrogen-bond acceptors (Lipinski definition) is 5. The lowest BCUT2D eigenvalue weighted by Crippen LogP contribution is -2.52. The van der Waals surface area contributed by atoms with Gasteiger partial charge in [-0.2, -0.15) is 0 Å². The van der Waals surface area contributed by atoms with Gasteiger partial charge in [0.2, 0.25) is 5.91 Å². The third-order valence-corrected chi connectivity index (χ3v) is 5.78. The van der Waals surface area contributed by atoms with Gasteiger partial charge in [-0.25, -0.2) is 0 Å². The Hall–Kier alpha value is -0.690. The summed E-state index contributed by atoms with van der Waals surface area (Å²) in [6.07, 6.45) is 3.49. The lowest BCUT2D eigenvalue weighted by atomic mass is 9.94. The van der Waals surface area contributed by atoms with Gasteiger partial charge >= 0.3 is 0 Å². The zero-order valence-corrected chi connectivity index (χ0v) is 14.3. The smallest absolute Gasteiger partial charge is 0.223 e. The first kappa shape index (κ1) is 17.1. The van der Waals surface area contributed by atoms with Crippen molar-refractivity contribution in [1.29, 1.82) is 0 Å². The van der Waals surface area contributed by atoms with Crippen molar-refractivity contribution in [3.8, 4) is 0 Å². The maximum atomic E-state index is 12.4. The zero-order valence-electron chi connectivity index (χ0n) is 14.3. The van der Waals surface area contributed by atoms with Gasteiger partial charge in [0.15, 0.2) is 0 Å². The molecule has 0 radical (unpaired) electrons. The number of ether oxygens (including phenoxy) is 1. The summed E-state index contributed by atoms with van der Waals surface area (Å²) in [6, 6.07) is 0.279. The van der Waals surface area contributed by atoms with Crippen LogP contribution in [0.15, 0.2) is 0 Å². The molecule has 0 unspecified atom stereocenters. The Morgan fingerprint density at radius 3 is 2.65 bits per heavy atom. The number of rotatable bonds is 4. The second kappa shape index (κ2) is 7.92. The monoisotopic (exact) mass is 325 g/mol. The summed E-state index contributed by atoms with van der Waals surface area (Å²) in [5, 5.41) is 10.2. The van der Waals surface area contributed by atoms with Crippen molar-refractivity contribution in [2.24, 2.45) is 5.92 Å². The Morgan fingerprint density at radius 1 is 1.17 bits per heavy atom. The van der Waals surface area contributed by atoms with E-state index in [4.69, 9.17) is 4.74 Å². The van der Waals surface area contributed by atoms with E-state index in [1.54, 1.807) is 0 Å². The van der Waals surface area contributed by atoms with Crippen molar-refractivity contribution in [2.75, 3.05) is 59.5 Å². The average Bonchev–Trinajstić information content (AvgIpc) is 2.99. The van der Waals surface area contributed by atoms with E-state index in [0.717, 1.165) is 65.1 Å². The predicted molar refractivity (Wildman–Crippen MR) is 88.2 cm³/mol. The Bertz CT molecular complexity index is 399. The molecule has 0 bridgehead atoms. The Balaban J connectivity index is 1.50. The van der Waals surface area contributed by atoms with E-state index < -0.39 is 0 Å². The standard InChI is InChI=1S/C17H31N3O3/c1-18-7-9-20(10-8-18)17(22)5-6-19-11-12-23-13-15(19)14-3-2-4-16(14)21/h14-16,21H,2-13H2,1H3/t14-,15+,16-/m0/s1. The molecule has 2 aliphatic heterocycles. The quantitative estimate of drug-likeness (QED) is 0.789. The van der Waals surface area contributed by atoms with Crippen LogP contribution in [0.25, 0.3) is 0 Å². The van der Waals surface area contributed by atoms with Crippen LogP contribution in [0, 0.1) is 5.92 Å². The molecule has 1 N–H and O–H groups in total. The summed E-state index contributed by atoms with van der Waals surface area (Å²) in [5.74, 6) is 0.587. The van der Waals surface area contributed by atoms with Gasteiger partial charge in [0.05, 0.1) is 19.3 Å². The van der Waals surface area contributed by atoms with Crippen molar-refractivity contribution in [1.82, 2.24) is 14.7 Å². The number of carbonyl (C=O) groups is 1. The number of likely N-dealkylation sites (N-methyl/N-ethyl adjacent to an activating group) is 1. The number of piperazine rings is 1. The largest absolute Gasteiger partial charge is 0.393 e. The van der Waals surface area contributed by atoms with Gasteiger partial charge in [-0.15, -0.1) is 0 Å². The number of nitrogens with zero attached hydrogens (tertiary/aromatic N) is 3. The summed E-state index contributed by atoms with van der Waals surface area (Å²) in [7, 11) is 2.10. The molecule has 0 spiro atoms. The first-order chi connectivity index (χ1) is 11.1. The highest BCUT2D eigenvalue weighted by molar-refractivity contribution is 5.76. The number of aliphatic hydroxyl groups excluding tert-OH is 1. The molecular formula is C17H31N3O3. The number of aliphatic hydroxyl groups is 1. The van der Waals surface area contributed by atoms with Gasteiger partial charge in [-0.05, 0) is 19.9 Å². The maximum absolute atomic E-state index is 12.4. The number of amides is 1. The Kier molecular flexibility index (Phi) is 5.91. The van der Waals surface area contributed by atoms with Gasteiger partial charge in [-0.3, -0.25) is 9.69 Å². The molecule has 0 aromatic carbocycles. The van der Waals surface area contributed by atoms with Gasteiger partial charge in [0.25, 0.3) is 0 Å². The fourth-order valence-electron chi connectivity index (χ4n) is 4.20. The van der Waals surface area contributed by atoms with E-state index in [1.807, 2.05) is 4.90 Å². The Labute approximate surface area is 139 Å². The average molecular weight is 325 g/mol. The molecule has 1 aliphatic carbocycles. The maximum Gasteiger partial charge on any atom is 0.223 e. The molecule has 6 nitrogen and oxygen atoms in total. The molecule has 3 aliphatic rings. The van der Waals surface area contributed by atoms with Crippen molar-refractivity contribution < 1.29 is 14.6 Å². The third kappa shape index (κ3) is 4.24. The molecule has 3 fully saturated rings. The van der Waals surface area contributed by atoms with Crippen molar-refractivity contribution in [2.45, 2.75) is 37.8 Å². The molecule has 6 heteroatoms. The molecule has 3 rings (SSSR count). The molecule has 1 amide bonds. The second-order valence-corrected chi connectivity index (χ2v) is 7.27. The molecular weight excluding hydrogens is 294 g/mol. The van der Waals surface area contributed by atoms with Crippen LogP contribution in [0.5, 0.6) is 0 Å². The van der Waals surface area contributed by atoms with Crippen LogP contribution in [0.3, 0.4) is 0 Å². The molecule has 1 saturated carbocycles. The molecule has 0 aromatic rings. The number of morpholine rings is 1. The van der Waals surface area contributed by atoms with Gasteiger partial charge in [0, 0.05) is 57.6 Å². The van der Waals surface area contributed by atoms with E-state index in [1.165, 1.54) is 0 Å². The number of carbonyl (C=O) groups excluding carboxylic acids is 1. The van der Waals surface area contributed by atoms with Crippen molar-refractivity contribution in [3.05, 3.63) is 0 Å². The van der Waals surface area contributed by atoms with Crippen LogP contribution in [0.1, 0.15) is 25.7 Å². The van der Waals surface area contributed by atoms with Gasteiger partial charge in [-0.1, -0.05) is 6.42 Å². The molecule has 132 valence electrons. The van der Waals surface area contributed by atoms with Gasteiger partial charge in [0.1, 0.15) is 0 Å². The molecule has 23 heavy (non-hydrogen) atoms. The van der Waals surface area contributed by atoms with Crippen molar-refractivity contribution >= 4 is 5.91 Å². The van der Waals surface area contributed by atoms with Crippen LogP contribution >= 0.6 is 0 Å². The second-order valence-electron chi connectivity index (χ2n) is 7.27.